The number of benzene rings is 2. The molecule has 0 unspecified atom stereocenters. The van der Waals surface area contributed by atoms with Gasteiger partial charge in [0.25, 0.3) is 5.56 Å². The minimum Gasteiger partial charge on any atom is -0.465 e. The van der Waals surface area contributed by atoms with Crippen LogP contribution < -0.4 is 10.9 Å². The van der Waals surface area contributed by atoms with E-state index in [2.05, 4.69) is 10.4 Å². The average Bonchev–Trinajstić information content (AvgIpc) is 3.51. The Morgan fingerprint density at radius 1 is 1.24 bits per heavy atom. The average molecular weight is 414 g/mol. The number of aromatic nitrogens is 2. The van der Waals surface area contributed by atoms with E-state index in [0.29, 0.717) is 5.69 Å². The summed E-state index contributed by atoms with van der Waals surface area (Å²) in [4.78, 5) is 24.8. The lowest BCUT2D eigenvalue weighted by atomic mass is 10.1. The third-order valence-electron chi connectivity index (χ3n) is 4.89. The molecule has 1 heterocycles. The first kappa shape index (κ1) is 19.1. The van der Waals surface area contributed by atoms with Crippen LogP contribution in [0, 0.1) is 5.82 Å². The Morgan fingerprint density at radius 3 is 2.69 bits per heavy atom. The summed E-state index contributed by atoms with van der Waals surface area (Å²) in [5.41, 5.74) is 1.38. The van der Waals surface area contributed by atoms with Gasteiger partial charge in [-0.15, -0.1) is 0 Å². The molecule has 0 bridgehead atoms. The summed E-state index contributed by atoms with van der Waals surface area (Å²) >= 11 is 6.30. The Bertz CT molecular complexity index is 1130. The lowest BCUT2D eigenvalue weighted by Gasteiger charge is -2.12. The molecule has 1 saturated carbocycles. The van der Waals surface area contributed by atoms with E-state index < -0.39 is 11.5 Å². The number of methoxy groups -OCH3 is 1. The van der Waals surface area contributed by atoms with Crippen molar-refractivity contribution < 1.29 is 13.9 Å². The van der Waals surface area contributed by atoms with Gasteiger partial charge in [-0.25, -0.2) is 9.18 Å². The minimum absolute atomic E-state index is 0.0237. The van der Waals surface area contributed by atoms with Crippen molar-refractivity contribution in [2.75, 3.05) is 12.4 Å². The lowest BCUT2D eigenvalue weighted by molar-refractivity contribution is 0.0600. The molecule has 0 amide bonds. The van der Waals surface area contributed by atoms with E-state index in [1.54, 1.807) is 36.4 Å². The molecule has 1 N–H and O–H groups in total. The zero-order chi connectivity index (χ0) is 20.5. The molecule has 1 fully saturated rings. The minimum atomic E-state index is -0.576. The zero-order valence-electron chi connectivity index (χ0n) is 15.4. The number of nitrogens with zero attached hydrogens (tertiary/aromatic N) is 2. The highest BCUT2D eigenvalue weighted by Crippen LogP contribution is 2.43. The largest absolute Gasteiger partial charge is 0.465 e. The van der Waals surface area contributed by atoms with Crippen molar-refractivity contribution in [2.45, 2.75) is 18.4 Å². The second-order valence-electron chi connectivity index (χ2n) is 6.74. The van der Waals surface area contributed by atoms with E-state index in [-0.39, 0.29) is 34.1 Å². The summed E-state index contributed by atoms with van der Waals surface area (Å²) in [6, 6.07) is 12.9. The van der Waals surface area contributed by atoms with Gasteiger partial charge < -0.3 is 10.1 Å². The molecule has 2 aromatic carbocycles. The molecule has 0 saturated heterocycles. The second kappa shape index (κ2) is 7.67. The van der Waals surface area contributed by atoms with Gasteiger partial charge in [-0.1, -0.05) is 35.9 Å². The van der Waals surface area contributed by atoms with Gasteiger partial charge in [0.2, 0.25) is 0 Å². The van der Waals surface area contributed by atoms with Crippen LogP contribution in [0.4, 0.5) is 10.1 Å². The molecule has 4 rings (SSSR count). The number of ether oxygens (including phenoxy) is 1. The number of rotatable bonds is 5. The van der Waals surface area contributed by atoms with Gasteiger partial charge in [0, 0.05) is 12.0 Å². The molecule has 148 valence electrons. The predicted molar refractivity (Wildman–Crippen MR) is 107 cm³/mol. The van der Waals surface area contributed by atoms with Crippen LogP contribution in [0.5, 0.6) is 0 Å². The summed E-state index contributed by atoms with van der Waals surface area (Å²) in [5, 5.41) is 7.38. The van der Waals surface area contributed by atoms with Crippen molar-refractivity contribution in [1.82, 2.24) is 9.78 Å². The molecule has 0 spiro atoms. The van der Waals surface area contributed by atoms with Crippen LogP contribution in [0.2, 0.25) is 5.02 Å². The Kier molecular flexibility index (Phi) is 5.07. The number of hydrogen-bond donors (Lipinski definition) is 1. The zero-order valence-corrected chi connectivity index (χ0v) is 16.2. The maximum atomic E-state index is 13.1. The van der Waals surface area contributed by atoms with Crippen molar-refractivity contribution in [2.24, 2.45) is 0 Å². The van der Waals surface area contributed by atoms with Crippen molar-refractivity contribution in [3.63, 3.8) is 0 Å². The normalized spacial score (nSPS) is 17.6. The summed E-state index contributed by atoms with van der Waals surface area (Å²) < 4.78 is 18.9. The van der Waals surface area contributed by atoms with E-state index in [0.717, 1.165) is 16.7 Å². The van der Waals surface area contributed by atoms with Crippen LogP contribution in [0.3, 0.4) is 0 Å². The quantitative estimate of drug-likeness (QED) is 0.644. The van der Waals surface area contributed by atoms with Crippen LogP contribution in [0.15, 0.2) is 59.5 Å². The molecule has 1 aromatic heterocycles. The molecule has 0 radical (unpaired) electrons. The van der Waals surface area contributed by atoms with Gasteiger partial charge in [-0.2, -0.15) is 9.78 Å². The SMILES string of the molecule is COC(=O)c1ccccc1-n1ncc(N[C@@H]2C[C@H]2c2ccc(F)cc2)c(Cl)c1=O. The van der Waals surface area contributed by atoms with Gasteiger partial charge in [0.1, 0.15) is 10.8 Å². The lowest BCUT2D eigenvalue weighted by Crippen LogP contribution is -2.25. The van der Waals surface area contributed by atoms with Crippen LogP contribution in [0.25, 0.3) is 5.69 Å². The van der Waals surface area contributed by atoms with Crippen LogP contribution >= 0.6 is 11.6 Å². The van der Waals surface area contributed by atoms with Gasteiger partial charge in [-0.3, -0.25) is 4.79 Å². The van der Waals surface area contributed by atoms with Crippen molar-refractivity contribution in [3.05, 3.63) is 87.0 Å². The number of carbonyl (C=O) groups excluding carboxylic acids is 1. The molecule has 8 heteroatoms. The smallest absolute Gasteiger partial charge is 0.340 e. The summed E-state index contributed by atoms with van der Waals surface area (Å²) in [5.74, 6) is -0.635. The first-order valence-corrected chi connectivity index (χ1v) is 9.35. The molecule has 29 heavy (non-hydrogen) atoms. The second-order valence-corrected chi connectivity index (χ2v) is 7.12. The van der Waals surface area contributed by atoms with Gasteiger partial charge in [0.05, 0.1) is 30.2 Å². The molecule has 2 atom stereocenters. The molecular weight excluding hydrogens is 397 g/mol. The van der Waals surface area contributed by atoms with Crippen LogP contribution in [-0.2, 0) is 4.74 Å². The van der Waals surface area contributed by atoms with Crippen LogP contribution in [-0.4, -0.2) is 28.9 Å². The van der Waals surface area contributed by atoms with E-state index in [9.17, 15) is 14.0 Å². The van der Waals surface area contributed by atoms with Crippen molar-refractivity contribution in [1.29, 1.82) is 0 Å². The number of esters is 1. The van der Waals surface area contributed by atoms with E-state index in [4.69, 9.17) is 16.3 Å². The highest BCUT2D eigenvalue weighted by Gasteiger charge is 2.39. The Morgan fingerprint density at radius 2 is 1.97 bits per heavy atom. The van der Waals surface area contributed by atoms with Gasteiger partial charge in [0.15, 0.2) is 0 Å². The Hall–Kier alpha value is -3.19. The van der Waals surface area contributed by atoms with E-state index in [1.165, 1.54) is 25.4 Å². The fraction of sp³-hybridized carbons (Fsp3) is 0.190. The molecule has 1 aliphatic rings. The highest BCUT2D eigenvalue weighted by molar-refractivity contribution is 6.33. The Balaban J connectivity index is 1.59. The third kappa shape index (κ3) is 3.73. The molecule has 3 aromatic rings. The fourth-order valence-electron chi connectivity index (χ4n) is 3.28. The molecule has 0 aliphatic heterocycles. The maximum Gasteiger partial charge on any atom is 0.340 e. The van der Waals surface area contributed by atoms with Crippen LogP contribution in [0.1, 0.15) is 28.3 Å². The number of anilines is 1. The maximum absolute atomic E-state index is 13.1. The number of halogens is 2. The molecule has 1 aliphatic carbocycles. The number of para-hydroxylation sites is 1. The molecular formula is C21H17ClFN3O3. The summed E-state index contributed by atoms with van der Waals surface area (Å²) in [6.45, 7) is 0. The standard InChI is InChI=1S/C21H17ClFN3O3/c1-29-21(28)14-4-2-3-5-18(14)26-20(27)19(22)17(11-24-26)25-16-10-15(16)12-6-8-13(23)9-7-12/h2-9,11,15-16,25H,10H2,1H3/t15-,16+/m0/s1. The monoisotopic (exact) mass is 413 g/mol. The van der Waals surface area contributed by atoms with E-state index in [1.807, 2.05) is 0 Å². The highest BCUT2D eigenvalue weighted by atomic mass is 35.5. The van der Waals surface area contributed by atoms with Crippen molar-refractivity contribution >= 4 is 23.3 Å². The summed E-state index contributed by atoms with van der Waals surface area (Å²) in [6.07, 6.45) is 2.30. The first-order chi connectivity index (χ1) is 14.0. The topological polar surface area (TPSA) is 73.2 Å². The van der Waals surface area contributed by atoms with Gasteiger partial charge >= 0.3 is 5.97 Å². The number of hydrogen-bond acceptors (Lipinski definition) is 5. The van der Waals surface area contributed by atoms with Crippen molar-refractivity contribution in [3.8, 4) is 5.69 Å². The first-order valence-electron chi connectivity index (χ1n) is 8.97. The molecule has 6 nitrogen and oxygen atoms in total. The number of carbonyl (C=O) groups is 1. The summed E-state index contributed by atoms with van der Waals surface area (Å²) in [7, 11) is 1.27. The fourth-order valence-corrected chi connectivity index (χ4v) is 3.46. The Labute approximate surface area is 170 Å². The van der Waals surface area contributed by atoms with Gasteiger partial charge in [-0.05, 0) is 36.2 Å². The van der Waals surface area contributed by atoms with E-state index >= 15 is 0 Å². The number of nitrogens with one attached hydrogen (secondary N) is 1. The predicted octanol–water partition coefficient (Wildman–Crippen LogP) is 3.78. The third-order valence-corrected chi connectivity index (χ3v) is 5.25.